The number of hydrogen-bond donors (Lipinski definition) is 1. The quantitative estimate of drug-likeness (QED) is 0.798. The van der Waals surface area contributed by atoms with Crippen LogP contribution in [0.4, 0.5) is 5.69 Å². The lowest BCUT2D eigenvalue weighted by Gasteiger charge is -2.19. The molecule has 3 heteroatoms. The summed E-state index contributed by atoms with van der Waals surface area (Å²) in [7, 11) is 0. The third-order valence-corrected chi connectivity index (χ3v) is 2.89. The van der Waals surface area contributed by atoms with E-state index < -0.39 is 0 Å². The van der Waals surface area contributed by atoms with E-state index in [9.17, 15) is 0 Å². The molecule has 0 bridgehead atoms. The van der Waals surface area contributed by atoms with Crippen LogP contribution in [0.5, 0.6) is 0 Å². The zero-order valence-electron chi connectivity index (χ0n) is 9.32. The van der Waals surface area contributed by atoms with Crippen LogP contribution in [0, 0.1) is 5.92 Å². The molecule has 2 rings (SSSR count). The fourth-order valence-electron chi connectivity index (χ4n) is 1.73. The number of hydrogen-bond acceptors (Lipinski definition) is 3. The zero-order valence-corrected chi connectivity index (χ0v) is 9.32. The largest absolute Gasteiger partial charge is 0.397 e. The summed E-state index contributed by atoms with van der Waals surface area (Å²) < 4.78 is 0. The summed E-state index contributed by atoms with van der Waals surface area (Å²) in [5.74, 6) is 0.943. The molecule has 1 saturated carbocycles. The van der Waals surface area contributed by atoms with Gasteiger partial charge in [0, 0.05) is 13.1 Å². The second kappa shape index (κ2) is 4.62. The van der Waals surface area contributed by atoms with Gasteiger partial charge in [-0.25, -0.2) is 0 Å². The van der Waals surface area contributed by atoms with Crippen molar-refractivity contribution in [1.29, 1.82) is 0 Å². The maximum absolute atomic E-state index is 5.60. The Morgan fingerprint density at radius 3 is 2.80 bits per heavy atom. The maximum atomic E-state index is 5.60. The smallest absolute Gasteiger partial charge is 0.0545 e. The molecule has 1 fully saturated rings. The number of aromatic nitrogens is 1. The summed E-state index contributed by atoms with van der Waals surface area (Å²) in [6.45, 7) is 5.48. The van der Waals surface area contributed by atoms with Gasteiger partial charge in [-0.3, -0.25) is 9.88 Å². The van der Waals surface area contributed by atoms with E-state index in [1.54, 1.807) is 6.20 Å². The minimum Gasteiger partial charge on any atom is -0.397 e. The van der Waals surface area contributed by atoms with Crippen LogP contribution in [-0.4, -0.2) is 23.0 Å². The molecule has 1 aliphatic carbocycles. The predicted octanol–water partition coefficient (Wildman–Crippen LogP) is 1.90. The molecule has 0 radical (unpaired) electrons. The average molecular weight is 205 g/mol. The molecule has 82 valence electrons. The summed E-state index contributed by atoms with van der Waals surface area (Å²) in [4.78, 5) is 6.78. The molecule has 0 aromatic carbocycles. The highest BCUT2D eigenvalue weighted by molar-refractivity contribution is 5.34. The summed E-state index contributed by atoms with van der Waals surface area (Å²) in [5.41, 5.74) is 7.46. The van der Waals surface area contributed by atoms with Crippen LogP contribution in [0.25, 0.3) is 0 Å². The maximum Gasteiger partial charge on any atom is 0.0545 e. The Kier molecular flexibility index (Phi) is 3.21. The van der Waals surface area contributed by atoms with Gasteiger partial charge in [-0.05, 0) is 37.4 Å². The van der Waals surface area contributed by atoms with Crippen molar-refractivity contribution < 1.29 is 0 Å². The van der Waals surface area contributed by atoms with E-state index in [1.165, 1.54) is 19.4 Å². The van der Waals surface area contributed by atoms with E-state index in [0.29, 0.717) is 0 Å². The highest BCUT2D eigenvalue weighted by Crippen LogP contribution is 2.29. The Morgan fingerprint density at radius 2 is 2.27 bits per heavy atom. The van der Waals surface area contributed by atoms with Gasteiger partial charge in [-0.1, -0.05) is 6.92 Å². The van der Waals surface area contributed by atoms with Crippen molar-refractivity contribution in [3.63, 3.8) is 0 Å². The lowest BCUT2D eigenvalue weighted by atomic mass is 10.3. The first-order chi connectivity index (χ1) is 7.28. The van der Waals surface area contributed by atoms with Crippen LogP contribution in [0.15, 0.2) is 18.3 Å². The van der Waals surface area contributed by atoms with Crippen molar-refractivity contribution in [3.05, 3.63) is 24.0 Å². The Labute approximate surface area is 91.3 Å². The molecular formula is C12H19N3. The van der Waals surface area contributed by atoms with Crippen LogP contribution in [-0.2, 0) is 6.54 Å². The van der Waals surface area contributed by atoms with Crippen molar-refractivity contribution in [2.45, 2.75) is 26.3 Å². The Hall–Kier alpha value is -1.09. The van der Waals surface area contributed by atoms with Crippen LogP contribution in [0.1, 0.15) is 25.5 Å². The second-order valence-electron chi connectivity index (χ2n) is 4.35. The van der Waals surface area contributed by atoms with E-state index in [1.807, 2.05) is 12.1 Å². The molecule has 0 unspecified atom stereocenters. The van der Waals surface area contributed by atoms with Gasteiger partial charge in [0.05, 0.1) is 17.6 Å². The predicted molar refractivity (Wildman–Crippen MR) is 62.3 cm³/mol. The molecule has 15 heavy (non-hydrogen) atoms. The Bertz CT molecular complexity index is 303. The minimum atomic E-state index is 0.740. The lowest BCUT2D eigenvalue weighted by Crippen LogP contribution is -2.25. The summed E-state index contributed by atoms with van der Waals surface area (Å²) in [5, 5.41) is 0. The number of nitrogen functional groups attached to an aromatic ring is 1. The van der Waals surface area contributed by atoms with Crippen LogP contribution in [0.2, 0.25) is 0 Å². The number of pyridine rings is 1. The fourth-order valence-corrected chi connectivity index (χ4v) is 1.73. The topological polar surface area (TPSA) is 42.1 Å². The molecule has 0 spiro atoms. The van der Waals surface area contributed by atoms with Gasteiger partial charge in [-0.15, -0.1) is 0 Å². The monoisotopic (exact) mass is 205 g/mol. The van der Waals surface area contributed by atoms with E-state index >= 15 is 0 Å². The fraction of sp³-hybridized carbons (Fsp3) is 0.583. The highest BCUT2D eigenvalue weighted by atomic mass is 15.1. The average Bonchev–Trinajstić information content (AvgIpc) is 3.04. The van der Waals surface area contributed by atoms with Crippen molar-refractivity contribution in [1.82, 2.24) is 9.88 Å². The molecule has 0 aliphatic heterocycles. The molecule has 1 aliphatic rings. The van der Waals surface area contributed by atoms with Crippen molar-refractivity contribution in [2.75, 3.05) is 18.8 Å². The van der Waals surface area contributed by atoms with Gasteiger partial charge in [0.1, 0.15) is 0 Å². The van der Waals surface area contributed by atoms with E-state index in [4.69, 9.17) is 5.73 Å². The van der Waals surface area contributed by atoms with Gasteiger partial charge >= 0.3 is 0 Å². The van der Waals surface area contributed by atoms with Crippen molar-refractivity contribution in [2.24, 2.45) is 5.92 Å². The van der Waals surface area contributed by atoms with Crippen LogP contribution in [0.3, 0.4) is 0 Å². The Morgan fingerprint density at radius 1 is 1.47 bits per heavy atom. The van der Waals surface area contributed by atoms with E-state index in [-0.39, 0.29) is 0 Å². The first-order valence-electron chi connectivity index (χ1n) is 5.70. The van der Waals surface area contributed by atoms with Crippen molar-refractivity contribution >= 4 is 5.69 Å². The molecule has 3 nitrogen and oxygen atoms in total. The molecule has 0 saturated heterocycles. The third kappa shape index (κ3) is 3.20. The molecule has 1 aromatic rings. The minimum absolute atomic E-state index is 0.740. The van der Waals surface area contributed by atoms with Crippen LogP contribution < -0.4 is 5.73 Å². The SMILES string of the molecule is CCN(Cc1ccc(N)cn1)CC1CC1. The third-order valence-electron chi connectivity index (χ3n) is 2.89. The van der Waals surface area contributed by atoms with Gasteiger partial charge < -0.3 is 5.73 Å². The summed E-state index contributed by atoms with van der Waals surface area (Å²) in [6.07, 6.45) is 4.55. The first-order valence-corrected chi connectivity index (χ1v) is 5.70. The van der Waals surface area contributed by atoms with E-state index in [0.717, 1.165) is 30.4 Å². The molecule has 1 heterocycles. The molecule has 0 amide bonds. The summed E-state index contributed by atoms with van der Waals surface area (Å²) in [6, 6.07) is 3.94. The molecular weight excluding hydrogens is 186 g/mol. The Balaban J connectivity index is 1.89. The van der Waals surface area contributed by atoms with Gasteiger partial charge in [0.15, 0.2) is 0 Å². The lowest BCUT2D eigenvalue weighted by molar-refractivity contribution is 0.265. The number of nitrogens with zero attached hydrogens (tertiary/aromatic N) is 2. The zero-order chi connectivity index (χ0) is 10.7. The number of rotatable bonds is 5. The van der Waals surface area contributed by atoms with E-state index in [2.05, 4.69) is 16.8 Å². The second-order valence-corrected chi connectivity index (χ2v) is 4.35. The number of anilines is 1. The summed E-state index contributed by atoms with van der Waals surface area (Å²) >= 11 is 0. The van der Waals surface area contributed by atoms with Crippen molar-refractivity contribution in [3.8, 4) is 0 Å². The normalized spacial score (nSPS) is 15.9. The first kappa shape index (κ1) is 10.4. The molecule has 1 aromatic heterocycles. The van der Waals surface area contributed by atoms with Gasteiger partial charge in [-0.2, -0.15) is 0 Å². The van der Waals surface area contributed by atoms with Gasteiger partial charge in [0.25, 0.3) is 0 Å². The van der Waals surface area contributed by atoms with Crippen LogP contribution >= 0.6 is 0 Å². The van der Waals surface area contributed by atoms with Gasteiger partial charge in [0.2, 0.25) is 0 Å². The highest BCUT2D eigenvalue weighted by Gasteiger charge is 2.23. The molecule has 2 N–H and O–H groups in total. The number of nitrogens with two attached hydrogens (primary N) is 1. The standard InChI is InChI=1S/C12H19N3/c1-2-15(8-10-3-4-10)9-12-6-5-11(13)7-14-12/h5-7,10H,2-4,8-9,13H2,1H3. The molecule has 0 atom stereocenters.